The Balaban J connectivity index is 1.16. The van der Waals surface area contributed by atoms with Crippen LogP contribution in [-0.2, 0) is 13.0 Å². The van der Waals surface area contributed by atoms with Gasteiger partial charge in [0.2, 0.25) is 0 Å². The molecule has 0 spiro atoms. The molecule has 0 saturated heterocycles. The summed E-state index contributed by atoms with van der Waals surface area (Å²) in [6.07, 6.45) is 0.302. The van der Waals surface area contributed by atoms with Crippen LogP contribution in [0.1, 0.15) is 36.1 Å². The van der Waals surface area contributed by atoms with E-state index in [0.29, 0.717) is 22.1 Å². The minimum Gasteiger partial charge on any atom is -0.457 e. The fraction of sp³-hybridized carbons (Fsp3) is 0.333. The number of para-hydroxylation sites is 1. The van der Waals surface area contributed by atoms with Crippen molar-refractivity contribution in [3.05, 3.63) is 77.4 Å². The second-order valence-corrected chi connectivity index (χ2v) is 10.2. The van der Waals surface area contributed by atoms with E-state index in [1.165, 1.54) is 11.9 Å². The van der Waals surface area contributed by atoms with E-state index in [9.17, 15) is 13.2 Å². The van der Waals surface area contributed by atoms with Crippen molar-refractivity contribution in [1.29, 1.82) is 0 Å². The Kier molecular flexibility index (Phi) is 7.38. The average molecular weight is 513 g/mol. The highest BCUT2D eigenvalue weighted by Crippen LogP contribution is 2.33. The van der Waals surface area contributed by atoms with Crippen molar-refractivity contribution in [2.45, 2.75) is 56.9 Å². The zero-order chi connectivity index (χ0) is 25.0. The molecule has 2 aromatic heterocycles. The second kappa shape index (κ2) is 10.8. The number of halogens is 3. The summed E-state index contributed by atoms with van der Waals surface area (Å²) >= 11 is 1.08. The molecule has 0 amide bonds. The number of rotatable bonds is 8. The largest absolute Gasteiger partial charge is 0.457 e. The predicted octanol–water partition coefficient (Wildman–Crippen LogP) is 7.10. The quantitative estimate of drug-likeness (QED) is 0.264. The van der Waals surface area contributed by atoms with E-state index in [4.69, 9.17) is 4.74 Å². The van der Waals surface area contributed by atoms with Crippen LogP contribution in [0.4, 0.5) is 19.0 Å². The van der Waals surface area contributed by atoms with Gasteiger partial charge in [-0.1, -0.05) is 30.3 Å². The Labute approximate surface area is 211 Å². The summed E-state index contributed by atoms with van der Waals surface area (Å²) in [7, 11) is 0. The Bertz CT molecular complexity index is 1280. The molecule has 1 saturated carbocycles. The van der Waals surface area contributed by atoms with Crippen LogP contribution in [-0.4, -0.2) is 28.2 Å². The van der Waals surface area contributed by atoms with Crippen LogP contribution in [0.2, 0.25) is 0 Å². The van der Waals surface area contributed by atoms with Gasteiger partial charge in [0.1, 0.15) is 28.5 Å². The van der Waals surface area contributed by atoms with Crippen LogP contribution >= 0.6 is 11.3 Å². The molecular formula is C27H27F3N4OS. The molecule has 0 unspecified atom stereocenters. The van der Waals surface area contributed by atoms with E-state index >= 15 is 0 Å². The van der Waals surface area contributed by atoms with Crippen molar-refractivity contribution >= 4 is 27.4 Å². The van der Waals surface area contributed by atoms with Gasteiger partial charge in [0.05, 0.1) is 11.8 Å². The van der Waals surface area contributed by atoms with Crippen molar-refractivity contribution in [2.75, 3.05) is 5.32 Å². The monoisotopic (exact) mass is 512 g/mol. The van der Waals surface area contributed by atoms with E-state index in [1.54, 1.807) is 6.07 Å². The van der Waals surface area contributed by atoms with Gasteiger partial charge in [0.25, 0.3) is 0 Å². The van der Waals surface area contributed by atoms with Crippen molar-refractivity contribution in [2.24, 2.45) is 0 Å². The number of fused-ring (bicyclic) bond motifs is 1. The van der Waals surface area contributed by atoms with Crippen molar-refractivity contribution in [3.8, 4) is 11.5 Å². The van der Waals surface area contributed by atoms with Crippen LogP contribution in [0.15, 0.2) is 67.0 Å². The highest BCUT2D eigenvalue weighted by atomic mass is 32.1. The van der Waals surface area contributed by atoms with Gasteiger partial charge in [0.15, 0.2) is 0 Å². The fourth-order valence-corrected chi connectivity index (χ4v) is 5.59. The van der Waals surface area contributed by atoms with Crippen LogP contribution in [0.25, 0.3) is 10.2 Å². The molecular weight excluding hydrogens is 485 g/mol. The number of aromatic nitrogens is 2. The van der Waals surface area contributed by atoms with E-state index in [0.717, 1.165) is 55.1 Å². The first kappa shape index (κ1) is 24.5. The molecule has 0 radical (unpaired) electrons. The third-order valence-electron chi connectivity index (χ3n) is 6.27. The van der Waals surface area contributed by atoms with Gasteiger partial charge >= 0.3 is 6.18 Å². The molecule has 188 valence electrons. The second-order valence-electron chi connectivity index (χ2n) is 9.09. The third-order valence-corrected chi connectivity index (χ3v) is 7.31. The van der Waals surface area contributed by atoms with Crippen LogP contribution < -0.4 is 15.4 Å². The van der Waals surface area contributed by atoms with Gasteiger partial charge in [-0.05, 0) is 61.6 Å². The van der Waals surface area contributed by atoms with Gasteiger partial charge in [-0.25, -0.2) is 9.97 Å². The third kappa shape index (κ3) is 6.53. The van der Waals surface area contributed by atoms with Crippen molar-refractivity contribution < 1.29 is 17.9 Å². The number of benzene rings is 2. The first-order valence-corrected chi connectivity index (χ1v) is 12.8. The highest BCUT2D eigenvalue weighted by molar-refractivity contribution is 7.18. The molecule has 0 aliphatic heterocycles. The molecule has 1 fully saturated rings. The molecule has 2 atom stereocenters. The molecule has 5 rings (SSSR count). The molecule has 36 heavy (non-hydrogen) atoms. The first-order chi connectivity index (χ1) is 17.4. The molecule has 2 heterocycles. The number of ether oxygens (including phenoxy) is 1. The molecule has 1 aliphatic carbocycles. The van der Waals surface area contributed by atoms with Crippen LogP contribution in [0.5, 0.6) is 11.5 Å². The number of nitrogens with zero attached hydrogens (tertiary/aromatic N) is 2. The highest BCUT2D eigenvalue weighted by Gasteiger charge is 2.29. The Morgan fingerprint density at radius 2 is 1.69 bits per heavy atom. The van der Waals surface area contributed by atoms with Gasteiger partial charge < -0.3 is 15.4 Å². The number of nitrogens with one attached hydrogen (secondary N) is 2. The van der Waals surface area contributed by atoms with Crippen molar-refractivity contribution in [3.63, 3.8) is 0 Å². The number of thiophene rings is 1. The maximum Gasteiger partial charge on any atom is 0.393 e. The summed E-state index contributed by atoms with van der Waals surface area (Å²) in [5, 5.41) is 7.79. The molecule has 1 aliphatic rings. The van der Waals surface area contributed by atoms with E-state index in [-0.39, 0.29) is 10.9 Å². The zero-order valence-electron chi connectivity index (χ0n) is 19.6. The lowest BCUT2D eigenvalue weighted by molar-refractivity contribution is -0.126. The summed E-state index contributed by atoms with van der Waals surface area (Å²) in [6, 6.07) is 19.9. The SMILES string of the molecule is FC(F)(F)Cc1cc2c(N[C@@H]3CCC[C@H](NCc4ccc(Oc5ccccc5)cc4)C3)ncnc2s1. The lowest BCUT2D eigenvalue weighted by atomic mass is 9.90. The molecule has 4 aromatic rings. The Morgan fingerprint density at radius 3 is 2.47 bits per heavy atom. The Morgan fingerprint density at radius 1 is 0.944 bits per heavy atom. The van der Waals surface area contributed by atoms with Crippen LogP contribution in [0, 0.1) is 0 Å². The average Bonchev–Trinajstić information content (AvgIpc) is 3.26. The maximum atomic E-state index is 12.8. The summed E-state index contributed by atoms with van der Waals surface area (Å²) in [5.41, 5.74) is 1.18. The maximum absolute atomic E-state index is 12.8. The van der Waals surface area contributed by atoms with E-state index < -0.39 is 12.6 Å². The number of alkyl halides is 3. The molecule has 0 bridgehead atoms. The minimum atomic E-state index is -4.24. The van der Waals surface area contributed by atoms with Gasteiger partial charge in [-0.2, -0.15) is 13.2 Å². The van der Waals surface area contributed by atoms with Crippen LogP contribution in [0.3, 0.4) is 0 Å². The first-order valence-electron chi connectivity index (χ1n) is 12.0. The lowest BCUT2D eigenvalue weighted by Gasteiger charge is -2.31. The number of anilines is 1. The van der Waals surface area contributed by atoms with Gasteiger partial charge in [-0.3, -0.25) is 0 Å². The van der Waals surface area contributed by atoms with Gasteiger partial charge in [0, 0.05) is 23.5 Å². The predicted molar refractivity (Wildman–Crippen MR) is 137 cm³/mol. The summed E-state index contributed by atoms with van der Waals surface area (Å²) in [4.78, 5) is 9.34. The van der Waals surface area contributed by atoms with E-state index in [1.807, 2.05) is 42.5 Å². The normalized spacial score (nSPS) is 18.3. The molecule has 9 heteroatoms. The summed E-state index contributed by atoms with van der Waals surface area (Å²) in [6.45, 7) is 0.756. The zero-order valence-corrected chi connectivity index (χ0v) is 20.4. The number of hydrogen-bond donors (Lipinski definition) is 2. The molecule has 5 nitrogen and oxygen atoms in total. The lowest BCUT2D eigenvalue weighted by Crippen LogP contribution is -2.38. The molecule has 2 N–H and O–H groups in total. The topological polar surface area (TPSA) is 59.1 Å². The fourth-order valence-electron chi connectivity index (χ4n) is 4.57. The van der Waals surface area contributed by atoms with Gasteiger partial charge in [-0.15, -0.1) is 11.3 Å². The standard InChI is InChI=1S/C27H27F3N4OS/c28-27(29,30)15-23-14-24-25(32-17-33-26(24)36-23)34-20-6-4-5-19(13-20)31-16-18-9-11-22(12-10-18)35-21-7-2-1-3-8-21/h1-3,7-12,14,17,19-20,31H,4-6,13,15-16H2,(H,32,33,34)/t19-,20+/m0/s1. The summed E-state index contributed by atoms with van der Waals surface area (Å²) < 4.78 is 44.4. The molecule has 2 aromatic carbocycles. The van der Waals surface area contributed by atoms with E-state index in [2.05, 4.69) is 32.7 Å². The van der Waals surface area contributed by atoms with Crippen molar-refractivity contribution in [1.82, 2.24) is 15.3 Å². The minimum absolute atomic E-state index is 0.196. The smallest absolute Gasteiger partial charge is 0.393 e. The Hall–Kier alpha value is -3.17. The number of hydrogen-bond acceptors (Lipinski definition) is 6. The summed E-state index contributed by atoms with van der Waals surface area (Å²) in [5.74, 6) is 2.23.